The number of aromatic nitrogens is 2. The molecule has 0 saturated carbocycles. The minimum atomic E-state index is -0.603. The molecular formula is C23H17FN4O4. The Labute approximate surface area is 182 Å². The molecule has 0 spiro atoms. The largest absolute Gasteiger partial charge is 0.465 e. The minimum Gasteiger partial charge on any atom is -0.465 e. The molecule has 1 heterocycles. The second kappa shape index (κ2) is 9.09. The van der Waals surface area contributed by atoms with Gasteiger partial charge in [0.1, 0.15) is 5.82 Å². The van der Waals surface area contributed by atoms with E-state index in [0.29, 0.717) is 11.3 Å². The molecule has 0 aliphatic rings. The Morgan fingerprint density at radius 1 is 0.906 bits per heavy atom. The Balaban J connectivity index is 1.40. The first-order chi connectivity index (χ1) is 15.5. The van der Waals surface area contributed by atoms with E-state index in [1.54, 1.807) is 36.4 Å². The fraction of sp³-hybridized carbons (Fsp3) is 0.0435. The van der Waals surface area contributed by atoms with E-state index in [1.165, 1.54) is 19.2 Å². The van der Waals surface area contributed by atoms with E-state index in [4.69, 9.17) is 9.15 Å². The molecule has 1 aromatic heterocycles. The zero-order chi connectivity index (χ0) is 22.5. The summed E-state index contributed by atoms with van der Waals surface area (Å²) in [6, 6.07) is 19.9. The van der Waals surface area contributed by atoms with Crippen molar-refractivity contribution in [2.75, 3.05) is 17.7 Å². The average molecular weight is 432 g/mol. The van der Waals surface area contributed by atoms with Crippen LogP contribution < -0.4 is 10.6 Å². The predicted octanol–water partition coefficient (Wildman–Crippen LogP) is 4.66. The van der Waals surface area contributed by atoms with Crippen LogP contribution in [0.5, 0.6) is 0 Å². The van der Waals surface area contributed by atoms with Gasteiger partial charge in [0.25, 0.3) is 0 Å². The first-order valence-corrected chi connectivity index (χ1v) is 9.49. The molecule has 0 fully saturated rings. The number of hydrogen-bond acceptors (Lipinski definition) is 7. The van der Waals surface area contributed by atoms with Crippen molar-refractivity contribution in [2.24, 2.45) is 0 Å². The van der Waals surface area contributed by atoms with Crippen molar-refractivity contribution in [2.45, 2.75) is 0 Å². The number of esters is 1. The second-order valence-electron chi connectivity index (χ2n) is 6.62. The number of anilines is 3. The number of para-hydroxylation sites is 1. The fourth-order valence-electron chi connectivity index (χ4n) is 2.89. The van der Waals surface area contributed by atoms with Gasteiger partial charge in [0.15, 0.2) is 0 Å². The lowest BCUT2D eigenvalue weighted by Gasteiger charge is -2.06. The summed E-state index contributed by atoms with van der Waals surface area (Å²) in [5, 5.41) is 12.7. The molecule has 8 nitrogen and oxygen atoms in total. The molecule has 0 unspecified atom stereocenters. The third kappa shape index (κ3) is 4.62. The lowest BCUT2D eigenvalue weighted by molar-refractivity contribution is 0.0600. The Hall–Kier alpha value is -4.53. The third-order valence-corrected chi connectivity index (χ3v) is 4.52. The van der Waals surface area contributed by atoms with Crippen LogP contribution in [0.1, 0.15) is 21.0 Å². The van der Waals surface area contributed by atoms with E-state index in [-0.39, 0.29) is 17.6 Å². The summed E-state index contributed by atoms with van der Waals surface area (Å²) in [6.45, 7) is 0. The van der Waals surface area contributed by atoms with Gasteiger partial charge in [-0.25, -0.2) is 9.18 Å². The maximum atomic E-state index is 13.7. The first-order valence-electron chi connectivity index (χ1n) is 9.49. The van der Waals surface area contributed by atoms with Crippen LogP contribution in [0, 0.1) is 5.82 Å². The molecule has 160 valence electrons. The Kier molecular flexibility index (Phi) is 5.89. The third-order valence-electron chi connectivity index (χ3n) is 4.52. The molecule has 0 atom stereocenters. The van der Waals surface area contributed by atoms with E-state index in [2.05, 4.69) is 20.8 Å². The van der Waals surface area contributed by atoms with Crippen LogP contribution >= 0.6 is 0 Å². The molecule has 0 saturated heterocycles. The van der Waals surface area contributed by atoms with Crippen LogP contribution in [0.4, 0.5) is 21.8 Å². The maximum Gasteiger partial charge on any atom is 0.337 e. The highest BCUT2D eigenvalue weighted by Crippen LogP contribution is 2.23. The molecule has 32 heavy (non-hydrogen) atoms. The molecular weight excluding hydrogens is 415 g/mol. The smallest absolute Gasteiger partial charge is 0.337 e. The molecule has 0 aliphatic carbocycles. The molecule has 0 bridgehead atoms. The SMILES string of the molecule is COC(=O)c1ccc(-c2ccc(NC(=O)c3nnc(Nc4ccccc4F)o3)cc2)cc1. The molecule has 4 aromatic rings. The molecule has 4 rings (SSSR count). The number of methoxy groups -OCH3 is 1. The number of hydrogen-bond donors (Lipinski definition) is 2. The van der Waals surface area contributed by atoms with E-state index in [0.717, 1.165) is 11.1 Å². The van der Waals surface area contributed by atoms with Crippen LogP contribution in [0.25, 0.3) is 11.1 Å². The number of amides is 1. The number of rotatable bonds is 6. The number of halogens is 1. The first kappa shape index (κ1) is 20.7. The van der Waals surface area contributed by atoms with Gasteiger partial charge in [0.05, 0.1) is 18.4 Å². The number of benzene rings is 3. The summed E-state index contributed by atoms with van der Waals surface area (Å²) in [4.78, 5) is 23.9. The van der Waals surface area contributed by atoms with E-state index >= 15 is 0 Å². The van der Waals surface area contributed by atoms with Gasteiger partial charge in [0, 0.05) is 5.69 Å². The van der Waals surface area contributed by atoms with Crippen LogP contribution in [-0.4, -0.2) is 29.2 Å². The lowest BCUT2D eigenvalue weighted by Crippen LogP contribution is -2.12. The van der Waals surface area contributed by atoms with Crippen LogP contribution in [0.2, 0.25) is 0 Å². The van der Waals surface area contributed by atoms with Crippen molar-refractivity contribution in [3.63, 3.8) is 0 Å². The summed E-state index contributed by atoms with van der Waals surface area (Å²) in [6.07, 6.45) is 0. The number of ether oxygens (including phenoxy) is 1. The Bertz CT molecular complexity index is 1250. The van der Waals surface area contributed by atoms with Gasteiger partial charge in [-0.3, -0.25) is 4.79 Å². The number of nitrogens with zero attached hydrogens (tertiary/aromatic N) is 2. The minimum absolute atomic E-state index is 0.106. The van der Waals surface area contributed by atoms with Crippen molar-refractivity contribution < 1.29 is 23.1 Å². The molecule has 2 N–H and O–H groups in total. The highest BCUT2D eigenvalue weighted by Gasteiger charge is 2.16. The zero-order valence-corrected chi connectivity index (χ0v) is 16.8. The normalized spacial score (nSPS) is 10.4. The van der Waals surface area contributed by atoms with Gasteiger partial charge >= 0.3 is 23.8 Å². The monoisotopic (exact) mass is 432 g/mol. The van der Waals surface area contributed by atoms with Gasteiger partial charge in [-0.15, -0.1) is 5.10 Å². The van der Waals surface area contributed by atoms with Crippen molar-refractivity contribution in [3.8, 4) is 11.1 Å². The quantitative estimate of drug-likeness (QED) is 0.427. The topological polar surface area (TPSA) is 106 Å². The highest BCUT2D eigenvalue weighted by molar-refractivity contribution is 6.01. The zero-order valence-electron chi connectivity index (χ0n) is 16.8. The van der Waals surface area contributed by atoms with Crippen molar-refractivity contribution in [1.29, 1.82) is 0 Å². The van der Waals surface area contributed by atoms with E-state index < -0.39 is 17.7 Å². The van der Waals surface area contributed by atoms with Crippen molar-refractivity contribution in [3.05, 3.63) is 90.1 Å². The van der Waals surface area contributed by atoms with Crippen LogP contribution in [0.15, 0.2) is 77.2 Å². The van der Waals surface area contributed by atoms with E-state index in [1.807, 2.05) is 24.3 Å². The number of carbonyl (C=O) groups excluding carboxylic acids is 2. The highest BCUT2D eigenvalue weighted by atomic mass is 19.1. The summed E-state index contributed by atoms with van der Waals surface area (Å²) < 4.78 is 23.7. The number of carbonyl (C=O) groups is 2. The molecule has 3 aromatic carbocycles. The number of nitrogens with one attached hydrogen (secondary N) is 2. The molecule has 9 heteroatoms. The van der Waals surface area contributed by atoms with Gasteiger partial charge in [-0.1, -0.05) is 41.5 Å². The molecule has 0 radical (unpaired) electrons. The second-order valence-corrected chi connectivity index (χ2v) is 6.62. The summed E-state index contributed by atoms with van der Waals surface area (Å²) in [7, 11) is 1.33. The lowest BCUT2D eigenvalue weighted by atomic mass is 10.0. The Morgan fingerprint density at radius 3 is 2.22 bits per heavy atom. The van der Waals surface area contributed by atoms with Gasteiger partial charge in [-0.2, -0.15) is 0 Å². The van der Waals surface area contributed by atoms with Crippen molar-refractivity contribution >= 4 is 29.3 Å². The maximum absolute atomic E-state index is 13.7. The average Bonchev–Trinajstić information content (AvgIpc) is 3.29. The summed E-state index contributed by atoms with van der Waals surface area (Å²) >= 11 is 0. The van der Waals surface area contributed by atoms with Crippen molar-refractivity contribution in [1.82, 2.24) is 10.2 Å². The summed E-state index contributed by atoms with van der Waals surface area (Å²) in [5.41, 5.74) is 2.93. The predicted molar refractivity (Wildman–Crippen MR) is 115 cm³/mol. The van der Waals surface area contributed by atoms with Gasteiger partial charge in [-0.05, 0) is 47.5 Å². The van der Waals surface area contributed by atoms with Crippen LogP contribution in [-0.2, 0) is 4.74 Å². The fourth-order valence-corrected chi connectivity index (χ4v) is 2.89. The van der Waals surface area contributed by atoms with E-state index in [9.17, 15) is 14.0 Å². The standard InChI is InChI=1S/C23H17FN4O4/c1-31-22(30)16-8-6-14(7-9-16)15-10-12-17(13-11-15)25-20(29)21-27-28-23(32-21)26-19-5-3-2-4-18(19)24/h2-13H,1H3,(H,25,29)(H,26,28). The molecule has 1 amide bonds. The van der Waals surface area contributed by atoms with Gasteiger partial charge in [0.2, 0.25) is 0 Å². The molecule has 0 aliphatic heterocycles. The summed E-state index contributed by atoms with van der Waals surface area (Å²) in [5.74, 6) is -1.76. The van der Waals surface area contributed by atoms with Crippen LogP contribution in [0.3, 0.4) is 0 Å². The Morgan fingerprint density at radius 2 is 1.56 bits per heavy atom. The van der Waals surface area contributed by atoms with Gasteiger partial charge < -0.3 is 19.8 Å².